The van der Waals surface area contributed by atoms with Crippen molar-refractivity contribution in [2.45, 2.75) is 0 Å². The van der Waals surface area contributed by atoms with Crippen molar-refractivity contribution >= 4 is 16.6 Å². The lowest BCUT2D eigenvalue weighted by molar-refractivity contribution is 1.14. The van der Waals surface area contributed by atoms with Crippen LogP contribution in [0.15, 0.2) is 36.5 Å². The lowest BCUT2D eigenvalue weighted by Gasteiger charge is -2.00. The van der Waals surface area contributed by atoms with Gasteiger partial charge in [-0.3, -0.25) is 5.41 Å². The van der Waals surface area contributed by atoms with Gasteiger partial charge in [0.2, 0.25) is 0 Å². The van der Waals surface area contributed by atoms with Gasteiger partial charge in [-0.15, -0.1) is 0 Å². The smallest absolute Gasteiger partial charge is 0.155 e. The van der Waals surface area contributed by atoms with Crippen LogP contribution in [-0.4, -0.2) is 9.97 Å². The van der Waals surface area contributed by atoms with Gasteiger partial charge in [-0.2, -0.15) is 0 Å². The molecule has 0 bridgehead atoms. The third-order valence-electron chi connectivity index (χ3n) is 2.67. The van der Waals surface area contributed by atoms with E-state index in [-0.39, 0.29) is 5.49 Å². The molecule has 2 heterocycles. The molecule has 0 saturated carbocycles. The first-order chi connectivity index (χ1) is 7.77. The van der Waals surface area contributed by atoms with Crippen LogP contribution in [-0.2, 0) is 0 Å². The van der Waals surface area contributed by atoms with Crippen molar-refractivity contribution in [3.8, 4) is 0 Å². The topological polar surface area (TPSA) is 78.6 Å². The fourth-order valence-corrected chi connectivity index (χ4v) is 1.95. The fraction of sp³-hybridized carbons (Fsp3) is 0. The number of nitrogens with one attached hydrogen (secondary N) is 2. The fourth-order valence-electron chi connectivity index (χ4n) is 1.95. The number of hydrogen-bond acceptors (Lipinski definition) is 3. The lowest BCUT2D eigenvalue weighted by atomic mass is 10.1. The Morgan fingerprint density at radius 1 is 1.19 bits per heavy atom. The summed E-state index contributed by atoms with van der Waals surface area (Å²) in [6.07, 6.45) is 1.87. The molecule has 4 heteroatoms. The van der Waals surface area contributed by atoms with E-state index in [4.69, 9.17) is 11.1 Å². The van der Waals surface area contributed by atoms with E-state index in [0.29, 0.717) is 5.82 Å². The molecule has 0 unspecified atom stereocenters. The summed E-state index contributed by atoms with van der Waals surface area (Å²) in [5, 5.41) is 11.8. The zero-order valence-electron chi connectivity index (χ0n) is 8.49. The number of nitrogen functional groups attached to an aromatic ring is 1. The maximum atomic E-state index is 7.86. The molecule has 0 amide bonds. The average Bonchev–Trinajstić information content (AvgIpc) is 2.47. The molecule has 1 aromatic heterocycles. The van der Waals surface area contributed by atoms with Crippen molar-refractivity contribution < 1.29 is 0 Å². The summed E-state index contributed by atoms with van der Waals surface area (Å²) in [5.74, 6) is 0.370. The second-order valence-corrected chi connectivity index (χ2v) is 3.66. The predicted molar refractivity (Wildman–Crippen MR) is 61.7 cm³/mol. The number of aromatic amines is 1. The molecule has 1 aliphatic heterocycles. The summed E-state index contributed by atoms with van der Waals surface area (Å²) in [7, 11) is 0. The molecule has 2 aliphatic rings. The minimum atomic E-state index is 0.226. The van der Waals surface area contributed by atoms with E-state index in [2.05, 4.69) is 9.97 Å². The van der Waals surface area contributed by atoms with Gasteiger partial charge in [0, 0.05) is 22.2 Å². The Hall–Kier alpha value is -2.36. The molecule has 4 nitrogen and oxygen atoms in total. The number of nitrogens with zero attached hydrogens (tertiary/aromatic N) is 1. The number of anilines is 1. The van der Waals surface area contributed by atoms with Crippen molar-refractivity contribution in [3.63, 3.8) is 0 Å². The van der Waals surface area contributed by atoms with E-state index >= 15 is 0 Å². The first-order valence-electron chi connectivity index (χ1n) is 4.97. The normalized spacial score (nSPS) is 11.0. The van der Waals surface area contributed by atoms with Gasteiger partial charge in [0.25, 0.3) is 0 Å². The molecule has 4 N–H and O–H groups in total. The van der Waals surface area contributed by atoms with Crippen molar-refractivity contribution in [2.24, 2.45) is 0 Å². The van der Waals surface area contributed by atoms with Crippen LogP contribution in [0, 0.1) is 16.0 Å². The maximum absolute atomic E-state index is 7.86. The number of aromatic nitrogens is 2. The first kappa shape index (κ1) is 8.91. The number of H-pyrrole nitrogens is 1. The van der Waals surface area contributed by atoms with Gasteiger partial charge in [-0.05, 0) is 18.2 Å². The largest absolute Gasteiger partial charge is 0.384 e. The zero-order chi connectivity index (χ0) is 11.1. The highest BCUT2D eigenvalue weighted by atomic mass is 14.8. The average molecular weight is 210 g/mol. The standard InChI is InChI=1S/C12H10N4/c13-9-5-4-8-10(12(14)16-9)7-3-1-2-6-15-11(7)8/h1-6,15H,(H3,13,14,16). The third-order valence-corrected chi connectivity index (χ3v) is 2.67. The zero-order valence-corrected chi connectivity index (χ0v) is 8.49. The van der Waals surface area contributed by atoms with Gasteiger partial charge in [-0.1, -0.05) is 12.1 Å². The van der Waals surface area contributed by atoms with Crippen LogP contribution < -0.4 is 11.2 Å². The van der Waals surface area contributed by atoms with Crippen LogP contribution in [0.5, 0.6) is 0 Å². The van der Waals surface area contributed by atoms with E-state index in [0.717, 1.165) is 21.3 Å². The number of nitrogens with two attached hydrogens (primary N) is 1. The third kappa shape index (κ3) is 1.10. The summed E-state index contributed by atoms with van der Waals surface area (Å²) in [6.45, 7) is 0. The molecule has 78 valence electrons. The summed E-state index contributed by atoms with van der Waals surface area (Å²) >= 11 is 0. The van der Waals surface area contributed by atoms with E-state index in [1.165, 1.54) is 0 Å². The molecule has 1 aliphatic carbocycles. The van der Waals surface area contributed by atoms with Crippen LogP contribution in [0.25, 0.3) is 10.8 Å². The Bertz CT molecular complexity index is 788. The minimum Gasteiger partial charge on any atom is -0.384 e. The van der Waals surface area contributed by atoms with E-state index in [9.17, 15) is 0 Å². The molecular formula is C12H10N4. The Morgan fingerprint density at radius 2 is 2.06 bits per heavy atom. The van der Waals surface area contributed by atoms with E-state index < -0.39 is 0 Å². The molecule has 0 radical (unpaired) electrons. The summed E-state index contributed by atoms with van der Waals surface area (Å²) < 4.78 is 0. The highest BCUT2D eigenvalue weighted by Gasteiger charge is 2.06. The first-order valence-corrected chi connectivity index (χ1v) is 4.97. The second kappa shape index (κ2) is 3.06. The SMILES string of the molecule is N=c1nc(N)ccc2c3[nH]ccccc=3c12. The van der Waals surface area contributed by atoms with E-state index in [1.54, 1.807) is 6.07 Å². The summed E-state index contributed by atoms with van der Waals surface area (Å²) in [4.78, 5) is 7.18. The number of fused-ring (bicyclic) bond motifs is 3. The molecule has 0 fully saturated rings. The van der Waals surface area contributed by atoms with Crippen molar-refractivity contribution in [1.82, 2.24) is 9.97 Å². The van der Waals surface area contributed by atoms with Crippen LogP contribution >= 0.6 is 0 Å². The van der Waals surface area contributed by atoms with Gasteiger partial charge in [0.1, 0.15) is 5.82 Å². The predicted octanol–water partition coefficient (Wildman–Crippen LogP) is 1.35. The molecule has 3 rings (SSSR count). The van der Waals surface area contributed by atoms with Crippen molar-refractivity contribution in [1.29, 1.82) is 5.41 Å². The highest BCUT2D eigenvalue weighted by Crippen LogP contribution is 2.17. The van der Waals surface area contributed by atoms with Crippen LogP contribution in [0.3, 0.4) is 0 Å². The Kier molecular flexibility index (Phi) is 1.71. The van der Waals surface area contributed by atoms with Gasteiger partial charge >= 0.3 is 0 Å². The van der Waals surface area contributed by atoms with Gasteiger partial charge in [-0.25, -0.2) is 4.98 Å². The molecule has 0 spiro atoms. The van der Waals surface area contributed by atoms with Gasteiger partial charge in [0.15, 0.2) is 5.49 Å². The maximum Gasteiger partial charge on any atom is 0.155 e. The monoisotopic (exact) mass is 210 g/mol. The Balaban J connectivity index is 2.67. The van der Waals surface area contributed by atoms with Crippen molar-refractivity contribution in [2.75, 3.05) is 5.73 Å². The highest BCUT2D eigenvalue weighted by molar-refractivity contribution is 5.87. The summed E-state index contributed by atoms with van der Waals surface area (Å²) in [6, 6.07) is 9.46. The minimum absolute atomic E-state index is 0.226. The molecule has 0 saturated heterocycles. The molecule has 0 aromatic carbocycles. The Labute approximate surface area is 90.9 Å². The van der Waals surface area contributed by atoms with Crippen LogP contribution in [0.2, 0.25) is 0 Å². The molecule has 0 atom stereocenters. The molecular weight excluding hydrogens is 200 g/mol. The number of rotatable bonds is 0. The second-order valence-electron chi connectivity index (χ2n) is 3.66. The number of hydrogen-bond donors (Lipinski definition) is 3. The quantitative estimate of drug-likeness (QED) is 0.523. The lowest BCUT2D eigenvalue weighted by Crippen LogP contribution is -2.07. The van der Waals surface area contributed by atoms with E-state index in [1.807, 2.05) is 30.5 Å². The van der Waals surface area contributed by atoms with Gasteiger partial charge < -0.3 is 10.7 Å². The van der Waals surface area contributed by atoms with Gasteiger partial charge in [0.05, 0.1) is 5.35 Å². The molecule has 1 aromatic rings. The summed E-state index contributed by atoms with van der Waals surface area (Å²) in [5.41, 5.74) is 5.85. The van der Waals surface area contributed by atoms with Crippen LogP contribution in [0.1, 0.15) is 0 Å². The molecule has 16 heavy (non-hydrogen) atoms. The Morgan fingerprint density at radius 3 is 2.94 bits per heavy atom. The van der Waals surface area contributed by atoms with Crippen molar-refractivity contribution in [3.05, 3.63) is 52.6 Å². The van der Waals surface area contributed by atoms with Crippen LogP contribution in [0.4, 0.5) is 5.82 Å².